The van der Waals surface area contributed by atoms with E-state index in [2.05, 4.69) is 0 Å². The molecule has 0 N–H and O–H groups in total. The molecular weight excluding hydrogens is 281 g/mol. The van der Waals surface area contributed by atoms with E-state index in [1.807, 2.05) is 0 Å². The molecule has 0 spiro atoms. The number of hydrogen-bond donors (Lipinski definition) is 0. The van der Waals surface area contributed by atoms with Gasteiger partial charge in [0.25, 0.3) is 0 Å². The minimum atomic E-state index is -3.98. The fourth-order valence-corrected chi connectivity index (χ4v) is 3.77. The number of amides is 1. The van der Waals surface area contributed by atoms with Crippen LogP contribution in [-0.4, -0.2) is 37.6 Å². The molecule has 1 fully saturated rings. The SMILES string of the molecule is CC(C(=O)N1CCCCC1)S(=O)(=O)c1ccccc1F. The normalized spacial score (nSPS) is 17.8. The zero-order chi connectivity index (χ0) is 14.8. The predicted molar refractivity (Wildman–Crippen MR) is 73.5 cm³/mol. The van der Waals surface area contributed by atoms with Gasteiger partial charge in [0.1, 0.15) is 16.0 Å². The van der Waals surface area contributed by atoms with Crippen LogP contribution in [0.4, 0.5) is 4.39 Å². The average molecular weight is 299 g/mol. The van der Waals surface area contributed by atoms with Crippen LogP contribution in [0.15, 0.2) is 29.2 Å². The van der Waals surface area contributed by atoms with Crippen molar-refractivity contribution in [2.75, 3.05) is 13.1 Å². The zero-order valence-electron chi connectivity index (χ0n) is 11.4. The molecule has 20 heavy (non-hydrogen) atoms. The van der Waals surface area contributed by atoms with Crippen molar-refractivity contribution in [2.45, 2.75) is 36.3 Å². The van der Waals surface area contributed by atoms with Crippen LogP contribution in [0.25, 0.3) is 0 Å². The molecule has 0 saturated carbocycles. The summed E-state index contributed by atoms with van der Waals surface area (Å²) in [5.74, 6) is -1.25. The second kappa shape index (κ2) is 5.91. The maximum Gasteiger partial charge on any atom is 0.241 e. The lowest BCUT2D eigenvalue weighted by molar-refractivity contribution is -0.131. The van der Waals surface area contributed by atoms with Crippen LogP contribution in [0.3, 0.4) is 0 Å². The number of likely N-dealkylation sites (tertiary alicyclic amines) is 1. The number of nitrogens with zero attached hydrogens (tertiary/aromatic N) is 1. The Kier molecular flexibility index (Phi) is 4.42. The lowest BCUT2D eigenvalue weighted by Gasteiger charge is -2.29. The van der Waals surface area contributed by atoms with Crippen LogP contribution >= 0.6 is 0 Å². The predicted octanol–water partition coefficient (Wildman–Crippen LogP) is 2.00. The largest absolute Gasteiger partial charge is 0.342 e. The van der Waals surface area contributed by atoms with Crippen LogP contribution < -0.4 is 0 Å². The minimum Gasteiger partial charge on any atom is -0.342 e. The Morgan fingerprint density at radius 2 is 1.80 bits per heavy atom. The standard InChI is InChI=1S/C14H18FNO3S/c1-11(14(17)16-9-5-2-6-10-16)20(18,19)13-8-4-3-7-12(13)15/h3-4,7-8,11H,2,5-6,9-10H2,1H3. The summed E-state index contributed by atoms with van der Waals surface area (Å²) in [6, 6.07) is 5.16. The summed E-state index contributed by atoms with van der Waals surface area (Å²) >= 11 is 0. The molecule has 1 atom stereocenters. The first-order chi connectivity index (χ1) is 9.44. The maximum atomic E-state index is 13.6. The Morgan fingerprint density at radius 3 is 2.40 bits per heavy atom. The summed E-state index contributed by atoms with van der Waals surface area (Å²) < 4.78 is 38.3. The molecule has 0 bridgehead atoms. The van der Waals surface area contributed by atoms with Crippen LogP contribution in [0.5, 0.6) is 0 Å². The lowest BCUT2D eigenvalue weighted by atomic mass is 10.1. The van der Waals surface area contributed by atoms with Crippen molar-refractivity contribution in [1.29, 1.82) is 0 Å². The van der Waals surface area contributed by atoms with E-state index in [9.17, 15) is 17.6 Å². The topological polar surface area (TPSA) is 54.5 Å². The van der Waals surface area contributed by atoms with E-state index in [1.165, 1.54) is 25.1 Å². The molecule has 1 unspecified atom stereocenters. The Balaban J connectivity index is 2.25. The quantitative estimate of drug-likeness (QED) is 0.858. The van der Waals surface area contributed by atoms with Gasteiger partial charge in [-0.2, -0.15) is 0 Å². The second-order valence-corrected chi connectivity index (χ2v) is 7.24. The van der Waals surface area contributed by atoms with Gasteiger partial charge in [0.05, 0.1) is 0 Å². The molecule has 0 aromatic heterocycles. The van der Waals surface area contributed by atoms with E-state index in [4.69, 9.17) is 0 Å². The van der Waals surface area contributed by atoms with Gasteiger partial charge in [0.15, 0.2) is 9.84 Å². The molecule has 1 aliphatic heterocycles. The number of carbonyl (C=O) groups excluding carboxylic acids is 1. The number of piperidine rings is 1. The van der Waals surface area contributed by atoms with E-state index in [0.717, 1.165) is 25.3 Å². The molecule has 1 heterocycles. The van der Waals surface area contributed by atoms with Gasteiger partial charge >= 0.3 is 0 Å². The average Bonchev–Trinajstić information content (AvgIpc) is 2.47. The van der Waals surface area contributed by atoms with Crippen LogP contribution in [-0.2, 0) is 14.6 Å². The molecule has 1 aromatic rings. The molecule has 0 radical (unpaired) electrons. The third-order valence-electron chi connectivity index (χ3n) is 3.62. The monoisotopic (exact) mass is 299 g/mol. The number of rotatable bonds is 3. The summed E-state index contributed by atoms with van der Waals surface area (Å²) in [6.07, 6.45) is 2.83. The maximum absolute atomic E-state index is 13.6. The van der Waals surface area contributed by atoms with Gasteiger partial charge in [0.2, 0.25) is 5.91 Å². The number of hydrogen-bond acceptors (Lipinski definition) is 3. The number of halogens is 1. The summed E-state index contributed by atoms with van der Waals surface area (Å²) in [6.45, 7) is 2.49. The van der Waals surface area contributed by atoms with E-state index in [-0.39, 0.29) is 0 Å². The minimum absolute atomic E-state index is 0.405. The first-order valence-electron chi connectivity index (χ1n) is 6.72. The molecule has 1 aromatic carbocycles. The van der Waals surface area contributed by atoms with Crippen molar-refractivity contribution in [2.24, 2.45) is 0 Å². The van der Waals surface area contributed by atoms with Crippen molar-refractivity contribution in [3.63, 3.8) is 0 Å². The van der Waals surface area contributed by atoms with Crippen molar-refractivity contribution < 1.29 is 17.6 Å². The molecule has 1 aliphatic rings. The van der Waals surface area contributed by atoms with Crippen LogP contribution in [0.2, 0.25) is 0 Å². The zero-order valence-corrected chi connectivity index (χ0v) is 12.2. The first kappa shape index (κ1) is 15.0. The van der Waals surface area contributed by atoms with Gasteiger partial charge in [0, 0.05) is 13.1 Å². The number of carbonyl (C=O) groups is 1. The van der Waals surface area contributed by atoms with E-state index < -0.39 is 31.7 Å². The van der Waals surface area contributed by atoms with Gasteiger partial charge in [-0.05, 0) is 38.3 Å². The van der Waals surface area contributed by atoms with E-state index >= 15 is 0 Å². The molecule has 4 nitrogen and oxygen atoms in total. The fourth-order valence-electron chi connectivity index (χ4n) is 2.37. The summed E-state index contributed by atoms with van der Waals surface area (Å²) in [5.41, 5.74) is 0. The third-order valence-corrected chi connectivity index (χ3v) is 5.70. The van der Waals surface area contributed by atoms with E-state index in [0.29, 0.717) is 13.1 Å². The number of benzene rings is 1. The van der Waals surface area contributed by atoms with Crippen LogP contribution in [0.1, 0.15) is 26.2 Å². The molecule has 110 valence electrons. The molecule has 1 amide bonds. The summed E-state index contributed by atoms with van der Waals surface area (Å²) in [7, 11) is -3.98. The van der Waals surface area contributed by atoms with Crippen molar-refractivity contribution >= 4 is 15.7 Å². The second-order valence-electron chi connectivity index (χ2n) is 5.00. The molecular formula is C14H18FNO3S. The highest BCUT2D eigenvalue weighted by atomic mass is 32.2. The molecule has 2 rings (SSSR count). The van der Waals surface area contributed by atoms with Gasteiger partial charge < -0.3 is 4.90 Å². The molecule has 0 aliphatic carbocycles. The molecule has 1 saturated heterocycles. The fraction of sp³-hybridized carbons (Fsp3) is 0.500. The van der Waals surface area contributed by atoms with Gasteiger partial charge in [-0.15, -0.1) is 0 Å². The van der Waals surface area contributed by atoms with Crippen LogP contribution in [0, 0.1) is 5.82 Å². The van der Waals surface area contributed by atoms with Crippen molar-refractivity contribution in [1.82, 2.24) is 4.90 Å². The van der Waals surface area contributed by atoms with E-state index in [1.54, 1.807) is 4.90 Å². The Bertz CT molecular complexity index is 594. The van der Waals surface area contributed by atoms with Gasteiger partial charge in [-0.25, -0.2) is 12.8 Å². The Hall–Kier alpha value is -1.43. The number of sulfone groups is 1. The Morgan fingerprint density at radius 1 is 1.20 bits per heavy atom. The first-order valence-corrected chi connectivity index (χ1v) is 8.26. The third kappa shape index (κ3) is 2.85. The highest BCUT2D eigenvalue weighted by molar-refractivity contribution is 7.92. The summed E-state index contributed by atoms with van der Waals surface area (Å²) in [4.78, 5) is 13.4. The van der Waals surface area contributed by atoms with Gasteiger partial charge in [-0.3, -0.25) is 4.79 Å². The summed E-state index contributed by atoms with van der Waals surface area (Å²) in [5, 5.41) is -1.25. The highest BCUT2D eigenvalue weighted by Gasteiger charge is 2.34. The van der Waals surface area contributed by atoms with Crippen molar-refractivity contribution in [3.05, 3.63) is 30.1 Å². The molecule has 6 heteroatoms. The highest BCUT2D eigenvalue weighted by Crippen LogP contribution is 2.21. The Labute approximate surface area is 118 Å². The van der Waals surface area contributed by atoms with Crippen molar-refractivity contribution in [3.8, 4) is 0 Å². The lowest BCUT2D eigenvalue weighted by Crippen LogP contribution is -2.44. The van der Waals surface area contributed by atoms with Gasteiger partial charge in [-0.1, -0.05) is 12.1 Å². The smallest absolute Gasteiger partial charge is 0.241 e.